The molecule has 2 N–H and O–H groups in total. The molecule has 0 unspecified atom stereocenters. The predicted molar refractivity (Wildman–Crippen MR) is 190 cm³/mol. The van der Waals surface area contributed by atoms with E-state index in [1.807, 2.05) is 0 Å². The molecule has 1 aromatic heterocycles. The number of hydrogen-bond acceptors (Lipinski definition) is 6. The van der Waals surface area contributed by atoms with Crippen LogP contribution in [-0.4, -0.2) is 54.3 Å². The highest BCUT2D eigenvalue weighted by atomic mass is 32.1. The molecule has 0 spiro atoms. The lowest BCUT2D eigenvalue weighted by Crippen LogP contribution is -2.47. The largest absolute Gasteiger partial charge is 0.368 e. The molecule has 7 rings (SSSR count). The van der Waals surface area contributed by atoms with Gasteiger partial charge in [0.15, 0.2) is 5.11 Å². The normalized spacial score (nSPS) is 17.8. The van der Waals surface area contributed by atoms with Crippen molar-refractivity contribution in [1.82, 2.24) is 15.3 Å². The number of anilines is 4. The van der Waals surface area contributed by atoms with Crippen molar-refractivity contribution in [2.75, 3.05) is 59.3 Å². The second-order valence-corrected chi connectivity index (χ2v) is 13.1. The molecule has 1 saturated heterocycles. The number of aromatic nitrogens is 2. The third-order valence-corrected chi connectivity index (χ3v) is 10.1. The molecule has 0 bridgehead atoms. The van der Waals surface area contributed by atoms with Crippen molar-refractivity contribution >= 4 is 40.6 Å². The summed E-state index contributed by atoms with van der Waals surface area (Å²) in [7, 11) is 0. The lowest BCUT2D eigenvalue weighted by atomic mass is 9.69. The van der Waals surface area contributed by atoms with Gasteiger partial charge in [-0.05, 0) is 60.3 Å². The average Bonchev–Trinajstić information content (AvgIpc) is 3.11. The highest BCUT2D eigenvalue weighted by Crippen LogP contribution is 2.39. The first-order valence-electron chi connectivity index (χ1n) is 16.5. The Hall–Kier alpha value is -4.17. The minimum atomic E-state index is 0.0960. The first-order valence-corrected chi connectivity index (χ1v) is 16.9. The van der Waals surface area contributed by atoms with Gasteiger partial charge in [-0.2, -0.15) is 9.97 Å². The van der Waals surface area contributed by atoms with Crippen LogP contribution in [0.2, 0.25) is 0 Å². The number of fused-ring (bicyclic) bond motifs is 1. The number of piperazine rings is 1. The van der Waals surface area contributed by atoms with Crippen molar-refractivity contribution in [3.05, 3.63) is 108 Å². The number of rotatable bonds is 7. The summed E-state index contributed by atoms with van der Waals surface area (Å²) in [6.45, 7) is 6.27. The van der Waals surface area contributed by atoms with Crippen LogP contribution in [0.5, 0.6) is 0 Å². The van der Waals surface area contributed by atoms with E-state index in [4.69, 9.17) is 22.2 Å². The molecule has 0 atom stereocenters. The van der Waals surface area contributed by atoms with E-state index >= 15 is 0 Å². The molecule has 232 valence electrons. The zero-order chi connectivity index (χ0) is 30.5. The number of nitrogens with one attached hydrogen (secondary N) is 2. The van der Waals surface area contributed by atoms with Crippen LogP contribution in [0.15, 0.2) is 91.0 Å². The van der Waals surface area contributed by atoms with E-state index in [0.29, 0.717) is 11.1 Å². The third kappa shape index (κ3) is 6.76. The van der Waals surface area contributed by atoms with Gasteiger partial charge in [-0.15, -0.1) is 0 Å². The molecule has 4 aromatic rings. The average molecular weight is 618 g/mol. The third-order valence-electron chi connectivity index (χ3n) is 9.89. The topological polar surface area (TPSA) is 59.6 Å². The maximum Gasteiger partial charge on any atom is 0.232 e. The molecule has 2 aliphatic heterocycles. The van der Waals surface area contributed by atoms with Gasteiger partial charge in [0, 0.05) is 63.0 Å². The van der Waals surface area contributed by atoms with Crippen molar-refractivity contribution in [1.29, 1.82) is 0 Å². The lowest BCUT2D eigenvalue weighted by Gasteiger charge is -2.38. The molecule has 0 amide bonds. The summed E-state index contributed by atoms with van der Waals surface area (Å²) < 4.78 is 0. The van der Waals surface area contributed by atoms with Crippen molar-refractivity contribution in [3.63, 3.8) is 0 Å². The first-order chi connectivity index (χ1) is 22.1. The molecule has 1 aliphatic carbocycles. The van der Waals surface area contributed by atoms with Gasteiger partial charge in [0.1, 0.15) is 11.6 Å². The zero-order valence-electron chi connectivity index (χ0n) is 26.0. The van der Waals surface area contributed by atoms with Gasteiger partial charge in [-0.1, -0.05) is 92.1 Å². The van der Waals surface area contributed by atoms with Gasteiger partial charge in [0.2, 0.25) is 5.95 Å². The SMILES string of the molecule is S=C(NCC1(c2ccccc2)CCCCC1)Nc1nc(N2CCN(c3ccccc3)CC2)cc(N2CCc3ccccc3C2)n1. The quantitative estimate of drug-likeness (QED) is 0.227. The van der Waals surface area contributed by atoms with Crippen LogP contribution in [0.3, 0.4) is 0 Å². The van der Waals surface area contributed by atoms with E-state index in [1.165, 1.54) is 54.5 Å². The minimum Gasteiger partial charge on any atom is -0.368 e. The molecular formula is C37H43N7S. The van der Waals surface area contributed by atoms with E-state index in [9.17, 15) is 0 Å². The Kier molecular flexibility index (Phi) is 8.83. The summed E-state index contributed by atoms with van der Waals surface area (Å²) in [4.78, 5) is 17.3. The summed E-state index contributed by atoms with van der Waals surface area (Å²) in [5, 5.41) is 7.56. The van der Waals surface area contributed by atoms with E-state index < -0.39 is 0 Å². The Bertz CT molecular complexity index is 1580. The van der Waals surface area contributed by atoms with Crippen LogP contribution < -0.4 is 25.3 Å². The fraction of sp³-hybridized carbons (Fsp3) is 0.378. The van der Waals surface area contributed by atoms with Gasteiger partial charge < -0.3 is 25.3 Å². The first kappa shape index (κ1) is 29.5. The Morgan fingerprint density at radius 2 is 1.31 bits per heavy atom. The molecule has 45 heavy (non-hydrogen) atoms. The molecule has 2 fully saturated rings. The number of para-hydroxylation sites is 1. The van der Waals surface area contributed by atoms with Crippen molar-refractivity contribution in [3.8, 4) is 0 Å². The molecular weight excluding hydrogens is 575 g/mol. The maximum absolute atomic E-state index is 5.89. The summed E-state index contributed by atoms with van der Waals surface area (Å²) in [5.74, 6) is 2.45. The summed E-state index contributed by atoms with van der Waals surface area (Å²) in [6, 6.07) is 32.6. The smallest absolute Gasteiger partial charge is 0.232 e. The van der Waals surface area contributed by atoms with Gasteiger partial charge in [0.25, 0.3) is 0 Å². The van der Waals surface area contributed by atoms with Crippen molar-refractivity contribution < 1.29 is 0 Å². The van der Waals surface area contributed by atoms with E-state index in [2.05, 4.69) is 116 Å². The Balaban J connectivity index is 1.10. The van der Waals surface area contributed by atoms with Crippen molar-refractivity contribution in [2.45, 2.75) is 50.5 Å². The van der Waals surface area contributed by atoms with Crippen molar-refractivity contribution in [2.24, 2.45) is 0 Å². The second-order valence-electron chi connectivity index (χ2n) is 12.7. The highest BCUT2D eigenvalue weighted by molar-refractivity contribution is 7.80. The lowest BCUT2D eigenvalue weighted by molar-refractivity contribution is 0.292. The van der Waals surface area contributed by atoms with Gasteiger partial charge in [-0.25, -0.2) is 0 Å². The van der Waals surface area contributed by atoms with Crippen LogP contribution in [-0.2, 0) is 18.4 Å². The van der Waals surface area contributed by atoms with E-state index in [-0.39, 0.29) is 5.41 Å². The molecule has 3 aliphatic rings. The minimum absolute atomic E-state index is 0.0960. The van der Waals surface area contributed by atoms with Gasteiger partial charge in [0.05, 0.1) is 0 Å². The zero-order valence-corrected chi connectivity index (χ0v) is 26.8. The van der Waals surface area contributed by atoms with Crippen LogP contribution in [0, 0.1) is 0 Å². The number of benzene rings is 3. The van der Waals surface area contributed by atoms with E-state index in [0.717, 1.165) is 63.9 Å². The second kappa shape index (κ2) is 13.4. The highest BCUT2D eigenvalue weighted by Gasteiger charge is 2.34. The predicted octanol–water partition coefficient (Wildman–Crippen LogP) is 6.55. The standard InChI is InChI=1S/C37H43N7S/c45-36(38-28-37(19-10-3-11-20-37)31-14-4-1-5-15-31)41-35-39-33(43-24-22-42(23-25-43)32-16-6-2-7-17-32)26-34(40-35)44-21-18-29-12-8-9-13-30(29)27-44/h1-2,4-9,12-17,26H,3,10-11,18-25,27-28H2,(H2,38,39,40,41,45). The molecule has 3 aromatic carbocycles. The Morgan fingerprint density at radius 1 is 0.689 bits per heavy atom. The number of nitrogens with zero attached hydrogens (tertiary/aromatic N) is 5. The van der Waals surface area contributed by atoms with Gasteiger partial charge in [-0.3, -0.25) is 0 Å². The number of hydrogen-bond donors (Lipinski definition) is 2. The van der Waals surface area contributed by atoms with Crippen LogP contribution in [0.25, 0.3) is 0 Å². The van der Waals surface area contributed by atoms with Crippen LogP contribution in [0.1, 0.15) is 48.8 Å². The Morgan fingerprint density at radius 3 is 2.04 bits per heavy atom. The molecule has 7 nitrogen and oxygen atoms in total. The summed E-state index contributed by atoms with van der Waals surface area (Å²) in [6.07, 6.45) is 7.17. The molecule has 0 radical (unpaired) electrons. The van der Waals surface area contributed by atoms with Crippen LogP contribution in [0.4, 0.5) is 23.3 Å². The number of thiocarbonyl (C=S) groups is 1. The molecule has 8 heteroatoms. The van der Waals surface area contributed by atoms with Crippen LogP contribution >= 0.6 is 12.2 Å². The van der Waals surface area contributed by atoms with Gasteiger partial charge >= 0.3 is 0 Å². The fourth-order valence-corrected chi connectivity index (χ4v) is 7.47. The fourth-order valence-electron chi connectivity index (χ4n) is 7.31. The summed E-state index contributed by atoms with van der Waals surface area (Å²) >= 11 is 5.89. The molecule has 3 heterocycles. The monoisotopic (exact) mass is 617 g/mol. The maximum atomic E-state index is 5.89. The summed E-state index contributed by atoms with van der Waals surface area (Å²) in [5.41, 5.74) is 5.57. The molecule has 1 saturated carbocycles. The van der Waals surface area contributed by atoms with E-state index in [1.54, 1.807) is 0 Å². The Labute approximate surface area is 272 Å².